The fraction of sp³-hybridized carbons (Fsp3) is 0.161. The second-order valence-electron chi connectivity index (χ2n) is 9.33. The molecule has 2 aliphatic rings. The maximum absolute atomic E-state index is 5.97. The topological polar surface area (TPSA) is 3.24 Å². The van der Waals surface area contributed by atoms with E-state index in [1.807, 2.05) is 30.4 Å². The van der Waals surface area contributed by atoms with Crippen LogP contribution >= 0.6 is 0 Å². The standard InChI is InChI=1S/C31H28BN/c1-5-9-26(6-2)33-29-11-8-7-10-27(29)31(3,4)28-20-24(15-17-30(28)33)21-12-13-23-19-25(32)16-14-22(23)18-21/h5-6,9-20H,1-2,7-8H2,3-4H3/b26-9+. The van der Waals surface area contributed by atoms with Crippen LogP contribution in [0.15, 0.2) is 115 Å². The van der Waals surface area contributed by atoms with E-state index in [9.17, 15) is 0 Å². The van der Waals surface area contributed by atoms with Crippen molar-refractivity contribution in [2.75, 3.05) is 4.90 Å². The van der Waals surface area contributed by atoms with Crippen LogP contribution in [0.25, 0.3) is 21.9 Å². The molecule has 0 N–H and O–H groups in total. The lowest BCUT2D eigenvalue weighted by molar-refractivity contribution is 0.600. The minimum absolute atomic E-state index is 0.0974. The van der Waals surface area contributed by atoms with Gasteiger partial charge in [0.25, 0.3) is 0 Å². The van der Waals surface area contributed by atoms with Gasteiger partial charge in [0.1, 0.15) is 7.85 Å². The molecule has 0 bridgehead atoms. The summed E-state index contributed by atoms with van der Waals surface area (Å²) in [6.07, 6.45) is 12.7. The molecule has 33 heavy (non-hydrogen) atoms. The number of rotatable bonds is 4. The highest BCUT2D eigenvalue weighted by atomic mass is 15.2. The Morgan fingerprint density at radius 3 is 2.39 bits per heavy atom. The predicted molar refractivity (Wildman–Crippen MR) is 144 cm³/mol. The fourth-order valence-corrected chi connectivity index (χ4v) is 5.21. The molecular formula is C31H28BN. The molecule has 0 atom stereocenters. The van der Waals surface area contributed by atoms with Crippen molar-refractivity contribution in [1.82, 2.24) is 0 Å². The third-order valence-corrected chi connectivity index (χ3v) is 6.91. The van der Waals surface area contributed by atoms with E-state index in [1.165, 1.54) is 39.0 Å². The fourth-order valence-electron chi connectivity index (χ4n) is 5.21. The van der Waals surface area contributed by atoms with Gasteiger partial charge in [-0.2, -0.15) is 0 Å². The number of fused-ring (bicyclic) bond motifs is 3. The van der Waals surface area contributed by atoms with E-state index in [-0.39, 0.29) is 5.41 Å². The van der Waals surface area contributed by atoms with Gasteiger partial charge in [-0.25, -0.2) is 0 Å². The SMILES string of the molecule is [B]c1ccc2cc(-c3ccc4c(c3)C(C)(C)C3=CCCC=C3N4/C(C=C)=C/C=C)ccc2c1. The highest BCUT2D eigenvalue weighted by molar-refractivity contribution is 6.33. The van der Waals surface area contributed by atoms with E-state index in [0.717, 1.165) is 29.4 Å². The number of nitrogens with zero attached hydrogens (tertiary/aromatic N) is 1. The van der Waals surface area contributed by atoms with Gasteiger partial charge < -0.3 is 4.90 Å². The Morgan fingerprint density at radius 2 is 1.61 bits per heavy atom. The average molecular weight is 425 g/mol. The lowest BCUT2D eigenvalue weighted by Crippen LogP contribution is -2.38. The molecule has 0 saturated carbocycles. The zero-order valence-electron chi connectivity index (χ0n) is 19.4. The molecule has 0 saturated heterocycles. The van der Waals surface area contributed by atoms with Crippen LogP contribution in [0.1, 0.15) is 32.3 Å². The van der Waals surface area contributed by atoms with Crippen molar-refractivity contribution in [2.24, 2.45) is 0 Å². The minimum atomic E-state index is -0.0974. The maximum atomic E-state index is 5.97. The van der Waals surface area contributed by atoms with Gasteiger partial charge in [-0.3, -0.25) is 0 Å². The Morgan fingerprint density at radius 1 is 0.909 bits per heavy atom. The monoisotopic (exact) mass is 425 g/mol. The van der Waals surface area contributed by atoms with Crippen molar-refractivity contribution in [3.63, 3.8) is 0 Å². The van der Waals surface area contributed by atoms with Crippen molar-refractivity contribution >= 4 is 29.8 Å². The van der Waals surface area contributed by atoms with E-state index in [2.05, 4.69) is 86.5 Å². The third-order valence-electron chi connectivity index (χ3n) is 6.91. The second kappa shape index (κ2) is 8.12. The van der Waals surface area contributed by atoms with Crippen LogP contribution in [0.4, 0.5) is 5.69 Å². The lowest BCUT2D eigenvalue weighted by atomic mass is 9.70. The quantitative estimate of drug-likeness (QED) is 0.314. The van der Waals surface area contributed by atoms with E-state index < -0.39 is 0 Å². The van der Waals surface area contributed by atoms with Gasteiger partial charge in [-0.1, -0.05) is 87.1 Å². The number of anilines is 1. The van der Waals surface area contributed by atoms with Crippen LogP contribution in [-0.4, -0.2) is 7.85 Å². The number of hydrogen-bond acceptors (Lipinski definition) is 1. The average Bonchev–Trinajstić information content (AvgIpc) is 2.83. The van der Waals surface area contributed by atoms with Gasteiger partial charge in [0, 0.05) is 16.8 Å². The van der Waals surface area contributed by atoms with Crippen molar-refractivity contribution in [3.05, 3.63) is 121 Å². The van der Waals surface area contributed by atoms with Gasteiger partial charge >= 0.3 is 0 Å². The summed E-state index contributed by atoms with van der Waals surface area (Å²) >= 11 is 0. The molecule has 0 fully saturated rings. The summed E-state index contributed by atoms with van der Waals surface area (Å²) in [5, 5.41) is 2.36. The molecule has 0 spiro atoms. The Kier molecular flexibility index (Phi) is 5.25. The molecule has 2 radical (unpaired) electrons. The van der Waals surface area contributed by atoms with E-state index in [4.69, 9.17) is 7.85 Å². The molecule has 1 aliphatic carbocycles. The third kappa shape index (κ3) is 3.51. The smallest absolute Gasteiger partial charge is 0.113 e. The van der Waals surface area contributed by atoms with Crippen LogP contribution in [0.3, 0.4) is 0 Å². The first-order valence-corrected chi connectivity index (χ1v) is 11.5. The second-order valence-corrected chi connectivity index (χ2v) is 9.33. The molecule has 160 valence electrons. The van der Waals surface area contributed by atoms with Crippen LogP contribution in [-0.2, 0) is 5.41 Å². The molecule has 2 heteroatoms. The van der Waals surface area contributed by atoms with Crippen LogP contribution in [0.2, 0.25) is 0 Å². The first kappa shape index (κ1) is 21.3. The van der Waals surface area contributed by atoms with Gasteiger partial charge in [-0.05, 0) is 76.2 Å². The van der Waals surface area contributed by atoms with E-state index in [1.54, 1.807) is 0 Å². The largest absolute Gasteiger partial charge is 0.310 e. The molecule has 1 heterocycles. The van der Waals surface area contributed by atoms with Gasteiger partial charge in [0.05, 0.1) is 5.69 Å². The molecule has 0 unspecified atom stereocenters. The number of benzene rings is 3. The summed E-state index contributed by atoms with van der Waals surface area (Å²) in [4.78, 5) is 2.34. The molecular weight excluding hydrogens is 397 g/mol. The number of hydrogen-bond donors (Lipinski definition) is 0. The normalized spacial score (nSPS) is 17.0. The first-order valence-electron chi connectivity index (χ1n) is 11.5. The summed E-state index contributed by atoms with van der Waals surface area (Å²) in [5.74, 6) is 0. The van der Waals surface area contributed by atoms with Crippen LogP contribution in [0.5, 0.6) is 0 Å². The minimum Gasteiger partial charge on any atom is -0.310 e. The summed E-state index contributed by atoms with van der Waals surface area (Å²) in [7, 11) is 5.97. The first-order chi connectivity index (χ1) is 15.9. The van der Waals surface area contributed by atoms with Crippen LogP contribution in [0, 0.1) is 0 Å². The van der Waals surface area contributed by atoms with Crippen molar-refractivity contribution < 1.29 is 0 Å². The molecule has 0 aromatic heterocycles. The Hall–Kier alpha value is -3.52. The molecule has 1 nitrogen and oxygen atoms in total. The Balaban J connectivity index is 1.71. The summed E-state index contributed by atoms with van der Waals surface area (Å²) in [6, 6.07) is 19.5. The highest BCUT2D eigenvalue weighted by Crippen LogP contribution is 2.51. The van der Waals surface area contributed by atoms with Crippen molar-refractivity contribution in [2.45, 2.75) is 32.1 Å². The Bertz CT molecular complexity index is 1380. The zero-order chi connectivity index (χ0) is 23.2. The molecule has 0 amide bonds. The zero-order valence-corrected chi connectivity index (χ0v) is 19.4. The summed E-state index contributed by atoms with van der Waals surface area (Å²) in [6.45, 7) is 12.7. The summed E-state index contributed by atoms with van der Waals surface area (Å²) < 4.78 is 0. The molecule has 5 rings (SSSR count). The predicted octanol–water partition coefficient (Wildman–Crippen LogP) is 7.26. The van der Waals surface area contributed by atoms with Crippen molar-refractivity contribution in [3.8, 4) is 11.1 Å². The summed E-state index contributed by atoms with van der Waals surface area (Å²) in [5.41, 5.74) is 9.33. The van der Waals surface area contributed by atoms with E-state index in [0.29, 0.717) is 0 Å². The van der Waals surface area contributed by atoms with Gasteiger partial charge in [-0.15, -0.1) is 0 Å². The number of allylic oxidation sites excluding steroid dienone is 6. The molecule has 1 aliphatic heterocycles. The Labute approximate surface area is 198 Å². The lowest BCUT2D eigenvalue weighted by Gasteiger charge is -2.46. The highest BCUT2D eigenvalue weighted by Gasteiger charge is 2.40. The van der Waals surface area contributed by atoms with E-state index >= 15 is 0 Å². The van der Waals surface area contributed by atoms with Gasteiger partial charge in [0.15, 0.2) is 0 Å². The van der Waals surface area contributed by atoms with Gasteiger partial charge in [0.2, 0.25) is 0 Å². The molecule has 3 aromatic carbocycles. The maximum Gasteiger partial charge on any atom is 0.113 e. The van der Waals surface area contributed by atoms with Crippen LogP contribution < -0.4 is 10.4 Å². The molecule has 3 aromatic rings. The van der Waals surface area contributed by atoms with Crippen molar-refractivity contribution in [1.29, 1.82) is 0 Å².